The molecule has 1 heterocycles. The van der Waals surface area contributed by atoms with Crippen molar-refractivity contribution in [2.75, 3.05) is 14.2 Å². The lowest BCUT2D eigenvalue weighted by Crippen LogP contribution is -2.07. The Balaban J connectivity index is 2.53. The van der Waals surface area contributed by atoms with Gasteiger partial charge in [0.1, 0.15) is 5.01 Å². The minimum absolute atomic E-state index is 0.249. The lowest BCUT2D eigenvalue weighted by Gasteiger charge is -1.94. The number of nitrogens with zero attached hydrogens (tertiary/aromatic N) is 1. The van der Waals surface area contributed by atoms with Crippen LogP contribution in [0.1, 0.15) is 10.7 Å². The first kappa shape index (κ1) is 10.1. The average molecular weight is 200 g/mol. The summed E-state index contributed by atoms with van der Waals surface area (Å²) in [5.41, 5.74) is 0.780. The van der Waals surface area contributed by atoms with Gasteiger partial charge in [-0.25, -0.2) is 4.98 Å². The van der Waals surface area contributed by atoms with Crippen LogP contribution < -0.4 is 5.32 Å². The molecule has 0 bridgehead atoms. The van der Waals surface area contributed by atoms with Gasteiger partial charge in [0.2, 0.25) is 0 Å². The molecular weight excluding hydrogens is 188 g/mol. The van der Waals surface area contributed by atoms with E-state index >= 15 is 0 Å². The van der Waals surface area contributed by atoms with E-state index in [2.05, 4.69) is 15.0 Å². The Morgan fingerprint density at radius 2 is 2.54 bits per heavy atom. The summed E-state index contributed by atoms with van der Waals surface area (Å²) in [4.78, 5) is 15.1. The van der Waals surface area contributed by atoms with Crippen LogP contribution in [-0.4, -0.2) is 25.1 Å². The first-order valence-electron chi connectivity index (χ1n) is 3.91. The van der Waals surface area contributed by atoms with E-state index in [1.54, 1.807) is 11.3 Å². The van der Waals surface area contributed by atoms with Crippen molar-refractivity contribution >= 4 is 17.3 Å². The summed E-state index contributed by atoms with van der Waals surface area (Å²) in [5, 5.41) is 5.86. The smallest absolute Gasteiger partial charge is 0.311 e. The van der Waals surface area contributed by atoms with E-state index in [-0.39, 0.29) is 12.4 Å². The fraction of sp³-hybridized carbons (Fsp3) is 0.500. The van der Waals surface area contributed by atoms with Gasteiger partial charge in [0.15, 0.2) is 0 Å². The molecule has 0 amide bonds. The molecule has 1 N–H and O–H groups in total. The molecule has 0 aromatic carbocycles. The molecule has 0 atom stereocenters. The van der Waals surface area contributed by atoms with Crippen molar-refractivity contribution in [3.63, 3.8) is 0 Å². The molecule has 4 nitrogen and oxygen atoms in total. The maximum Gasteiger partial charge on any atom is 0.311 e. The van der Waals surface area contributed by atoms with E-state index in [4.69, 9.17) is 0 Å². The van der Waals surface area contributed by atoms with Gasteiger partial charge in [-0.05, 0) is 7.05 Å². The zero-order valence-electron chi connectivity index (χ0n) is 7.66. The van der Waals surface area contributed by atoms with Crippen molar-refractivity contribution in [3.8, 4) is 0 Å². The molecule has 13 heavy (non-hydrogen) atoms. The third-order valence-corrected chi connectivity index (χ3v) is 2.38. The van der Waals surface area contributed by atoms with Crippen LogP contribution in [0, 0.1) is 0 Å². The summed E-state index contributed by atoms with van der Waals surface area (Å²) in [6, 6.07) is 0. The Labute approximate surface area is 80.9 Å². The summed E-state index contributed by atoms with van der Waals surface area (Å²) in [6.07, 6.45) is 0.261. The van der Waals surface area contributed by atoms with Gasteiger partial charge in [0.05, 0.1) is 19.2 Å². The van der Waals surface area contributed by atoms with Crippen molar-refractivity contribution in [2.24, 2.45) is 0 Å². The summed E-state index contributed by atoms with van der Waals surface area (Å²) >= 11 is 1.55. The van der Waals surface area contributed by atoms with Crippen molar-refractivity contribution in [3.05, 3.63) is 16.1 Å². The number of thiazole rings is 1. The van der Waals surface area contributed by atoms with Crippen LogP contribution in [0.4, 0.5) is 0 Å². The molecule has 0 saturated heterocycles. The molecule has 0 aliphatic rings. The monoisotopic (exact) mass is 200 g/mol. The van der Waals surface area contributed by atoms with Crippen molar-refractivity contribution in [2.45, 2.75) is 13.0 Å². The largest absolute Gasteiger partial charge is 0.469 e. The average Bonchev–Trinajstić information content (AvgIpc) is 2.53. The van der Waals surface area contributed by atoms with Gasteiger partial charge in [-0.15, -0.1) is 11.3 Å². The quantitative estimate of drug-likeness (QED) is 0.722. The van der Waals surface area contributed by atoms with Crippen molar-refractivity contribution < 1.29 is 9.53 Å². The minimum Gasteiger partial charge on any atom is -0.469 e. The molecular formula is C8H12N2O2S. The van der Waals surface area contributed by atoms with Gasteiger partial charge in [0.25, 0.3) is 0 Å². The molecule has 0 aliphatic heterocycles. The molecule has 0 saturated carbocycles. The fourth-order valence-electron chi connectivity index (χ4n) is 0.883. The predicted molar refractivity (Wildman–Crippen MR) is 50.6 cm³/mol. The summed E-state index contributed by atoms with van der Waals surface area (Å²) in [5.74, 6) is -0.249. The van der Waals surface area contributed by atoms with Gasteiger partial charge in [-0.2, -0.15) is 0 Å². The van der Waals surface area contributed by atoms with Crippen LogP contribution >= 0.6 is 11.3 Å². The second kappa shape index (κ2) is 4.94. The normalized spacial score (nSPS) is 10.0. The number of esters is 1. The highest BCUT2D eigenvalue weighted by Crippen LogP contribution is 2.10. The van der Waals surface area contributed by atoms with E-state index in [0.717, 1.165) is 17.2 Å². The van der Waals surface area contributed by atoms with Gasteiger partial charge < -0.3 is 10.1 Å². The Kier molecular flexibility index (Phi) is 3.85. The van der Waals surface area contributed by atoms with Crippen molar-refractivity contribution in [1.82, 2.24) is 10.3 Å². The summed E-state index contributed by atoms with van der Waals surface area (Å²) < 4.78 is 4.53. The number of carbonyl (C=O) groups is 1. The number of rotatable bonds is 4. The second-order valence-electron chi connectivity index (χ2n) is 2.52. The molecule has 0 aliphatic carbocycles. The third-order valence-electron chi connectivity index (χ3n) is 1.48. The van der Waals surface area contributed by atoms with E-state index in [1.165, 1.54) is 7.11 Å². The van der Waals surface area contributed by atoms with Crippen LogP contribution in [0.2, 0.25) is 0 Å². The van der Waals surface area contributed by atoms with Gasteiger partial charge in [0, 0.05) is 11.9 Å². The Hall–Kier alpha value is -0.940. The summed E-state index contributed by atoms with van der Waals surface area (Å²) in [6.45, 7) is 0.742. The third kappa shape index (κ3) is 3.12. The molecule has 72 valence electrons. The number of nitrogens with one attached hydrogen (secondary N) is 1. The van der Waals surface area contributed by atoms with Crippen LogP contribution in [0.15, 0.2) is 5.38 Å². The highest BCUT2D eigenvalue weighted by Gasteiger charge is 2.06. The van der Waals surface area contributed by atoms with Gasteiger partial charge >= 0.3 is 5.97 Å². The summed E-state index contributed by atoms with van der Waals surface area (Å²) in [7, 11) is 3.24. The van der Waals surface area contributed by atoms with Gasteiger partial charge in [-0.1, -0.05) is 0 Å². The second-order valence-corrected chi connectivity index (χ2v) is 3.46. The molecule has 5 heteroatoms. The highest BCUT2D eigenvalue weighted by molar-refractivity contribution is 7.09. The number of ether oxygens (including phenoxy) is 1. The number of hydrogen-bond acceptors (Lipinski definition) is 5. The SMILES string of the molecule is CNCc1nc(CC(=O)OC)cs1. The van der Waals surface area contributed by atoms with Gasteiger partial charge in [-0.3, -0.25) is 4.79 Å². The van der Waals surface area contributed by atoms with Crippen LogP contribution in [0.3, 0.4) is 0 Å². The van der Waals surface area contributed by atoms with E-state index in [9.17, 15) is 4.79 Å². The number of hydrogen-bond donors (Lipinski definition) is 1. The molecule has 0 fully saturated rings. The molecule has 1 aromatic heterocycles. The lowest BCUT2D eigenvalue weighted by molar-refractivity contribution is -0.139. The van der Waals surface area contributed by atoms with E-state index in [1.807, 2.05) is 12.4 Å². The highest BCUT2D eigenvalue weighted by atomic mass is 32.1. The van der Waals surface area contributed by atoms with Crippen LogP contribution in [-0.2, 0) is 22.5 Å². The Bertz CT molecular complexity index is 285. The molecule has 0 spiro atoms. The number of aromatic nitrogens is 1. The maximum absolute atomic E-state index is 10.9. The fourth-order valence-corrected chi connectivity index (χ4v) is 1.69. The standard InChI is InChI=1S/C8H12N2O2S/c1-9-4-7-10-6(5-13-7)3-8(11)12-2/h5,9H,3-4H2,1-2H3. The molecule has 1 aromatic rings. The number of methoxy groups -OCH3 is 1. The van der Waals surface area contributed by atoms with E-state index < -0.39 is 0 Å². The molecule has 1 rings (SSSR count). The maximum atomic E-state index is 10.9. The first-order chi connectivity index (χ1) is 6.26. The van der Waals surface area contributed by atoms with Crippen LogP contribution in [0.25, 0.3) is 0 Å². The van der Waals surface area contributed by atoms with E-state index in [0.29, 0.717) is 0 Å². The minimum atomic E-state index is -0.249. The Morgan fingerprint density at radius 1 is 1.77 bits per heavy atom. The molecule has 0 radical (unpaired) electrons. The first-order valence-corrected chi connectivity index (χ1v) is 4.79. The number of carbonyl (C=O) groups excluding carboxylic acids is 1. The lowest BCUT2D eigenvalue weighted by atomic mass is 10.3. The van der Waals surface area contributed by atoms with Crippen molar-refractivity contribution in [1.29, 1.82) is 0 Å². The topological polar surface area (TPSA) is 51.2 Å². The zero-order valence-corrected chi connectivity index (χ0v) is 8.48. The zero-order chi connectivity index (χ0) is 9.68. The molecule has 0 unspecified atom stereocenters. The predicted octanol–water partition coefficient (Wildman–Crippen LogP) is 0.578. The van der Waals surface area contributed by atoms with Crippen LogP contribution in [0.5, 0.6) is 0 Å². The Morgan fingerprint density at radius 3 is 3.15 bits per heavy atom.